The fraction of sp³-hybridized carbons (Fsp3) is 0.143. The van der Waals surface area contributed by atoms with E-state index in [2.05, 4.69) is 4.74 Å². The maximum atomic E-state index is 12.4. The van der Waals surface area contributed by atoms with Gasteiger partial charge < -0.3 is 4.74 Å². The predicted octanol–water partition coefficient (Wildman–Crippen LogP) is 5.21. The van der Waals surface area contributed by atoms with Gasteiger partial charge in [0, 0.05) is 10.6 Å². The molecule has 0 aliphatic rings. The number of hydrogen-bond acceptors (Lipinski definition) is 1. The van der Waals surface area contributed by atoms with Crippen LogP contribution in [-0.2, 0) is 0 Å². The lowest BCUT2D eigenvalue weighted by Gasteiger charge is -2.14. The Morgan fingerprint density at radius 3 is 2.37 bits per heavy atom. The summed E-state index contributed by atoms with van der Waals surface area (Å²) in [7, 11) is 0. The van der Waals surface area contributed by atoms with Crippen molar-refractivity contribution in [3.63, 3.8) is 0 Å². The molecule has 100 valence electrons. The highest BCUT2D eigenvalue weighted by atomic mass is 35.5. The van der Waals surface area contributed by atoms with E-state index < -0.39 is 6.36 Å². The maximum Gasteiger partial charge on any atom is 0.573 e. The van der Waals surface area contributed by atoms with Crippen LogP contribution in [0.25, 0.3) is 11.1 Å². The molecule has 0 saturated heterocycles. The summed E-state index contributed by atoms with van der Waals surface area (Å²) in [6.45, 7) is 1.80. The van der Waals surface area contributed by atoms with Crippen LogP contribution >= 0.6 is 11.6 Å². The van der Waals surface area contributed by atoms with Gasteiger partial charge in [-0.2, -0.15) is 0 Å². The number of hydrogen-bond donors (Lipinski definition) is 0. The monoisotopic (exact) mass is 286 g/mol. The van der Waals surface area contributed by atoms with Crippen LogP contribution in [0, 0.1) is 6.92 Å². The number of benzene rings is 2. The van der Waals surface area contributed by atoms with E-state index in [1.165, 1.54) is 12.1 Å². The van der Waals surface area contributed by atoms with Crippen LogP contribution in [-0.4, -0.2) is 6.36 Å². The molecule has 2 aromatic carbocycles. The molecule has 0 unspecified atom stereocenters. The van der Waals surface area contributed by atoms with Crippen molar-refractivity contribution in [1.82, 2.24) is 0 Å². The molecule has 0 aliphatic heterocycles. The van der Waals surface area contributed by atoms with Crippen molar-refractivity contribution in [2.75, 3.05) is 0 Å². The summed E-state index contributed by atoms with van der Waals surface area (Å²) >= 11 is 5.89. The molecule has 0 fully saturated rings. The molecule has 2 rings (SSSR count). The van der Waals surface area contributed by atoms with Gasteiger partial charge in [0.1, 0.15) is 5.75 Å². The Hall–Kier alpha value is -1.68. The molecule has 1 nitrogen and oxygen atoms in total. The van der Waals surface area contributed by atoms with Gasteiger partial charge >= 0.3 is 6.36 Å². The van der Waals surface area contributed by atoms with Crippen molar-refractivity contribution in [3.05, 3.63) is 53.1 Å². The van der Waals surface area contributed by atoms with Crippen molar-refractivity contribution in [1.29, 1.82) is 0 Å². The molecule has 19 heavy (non-hydrogen) atoms. The third kappa shape index (κ3) is 3.41. The topological polar surface area (TPSA) is 9.23 Å². The van der Waals surface area contributed by atoms with Gasteiger partial charge in [0.15, 0.2) is 0 Å². The Kier molecular flexibility index (Phi) is 3.71. The average molecular weight is 287 g/mol. The minimum Gasteiger partial charge on any atom is -0.405 e. The van der Waals surface area contributed by atoms with E-state index in [0.29, 0.717) is 16.1 Å². The van der Waals surface area contributed by atoms with Crippen LogP contribution in [0.1, 0.15) is 5.56 Å². The fourth-order valence-electron chi connectivity index (χ4n) is 1.79. The fourth-order valence-corrected chi connectivity index (χ4v) is 1.96. The van der Waals surface area contributed by atoms with Gasteiger partial charge in [-0.25, -0.2) is 0 Å². The molecule has 0 bridgehead atoms. The van der Waals surface area contributed by atoms with Crippen LogP contribution in [0.3, 0.4) is 0 Å². The SMILES string of the molecule is Cc1ccc(Cl)cc1-c1ccccc1OC(F)(F)F. The van der Waals surface area contributed by atoms with Crippen molar-refractivity contribution >= 4 is 11.6 Å². The van der Waals surface area contributed by atoms with Gasteiger partial charge in [0.25, 0.3) is 0 Å². The smallest absolute Gasteiger partial charge is 0.405 e. The normalized spacial score (nSPS) is 11.4. The molecule has 0 heterocycles. The summed E-state index contributed by atoms with van der Waals surface area (Å²) < 4.78 is 41.1. The van der Waals surface area contributed by atoms with E-state index in [9.17, 15) is 13.2 Å². The van der Waals surface area contributed by atoms with Crippen molar-refractivity contribution < 1.29 is 17.9 Å². The molecule has 2 aromatic rings. The number of ether oxygens (including phenoxy) is 1. The molecule has 0 radical (unpaired) electrons. The standard InChI is InChI=1S/C14H10ClF3O/c1-9-6-7-10(15)8-12(9)11-4-2-3-5-13(11)19-14(16,17)18/h2-8H,1H3. The van der Waals surface area contributed by atoms with E-state index in [-0.39, 0.29) is 5.75 Å². The van der Waals surface area contributed by atoms with Crippen LogP contribution in [0.2, 0.25) is 5.02 Å². The summed E-state index contributed by atoms with van der Waals surface area (Å²) in [4.78, 5) is 0. The molecular formula is C14H10ClF3O. The third-order valence-corrected chi connectivity index (χ3v) is 2.84. The third-order valence-electron chi connectivity index (χ3n) is 2.60. The lowest BCUT2D eigenvalue weighted by molar-refractivity contribution is -0.274. The average Bonchev–Trinajstić information content (AvgIpc) is 2.31. The lowest BCUT2D eigenvalue weighted by atomic mass is 10.00. The van der Waals surface area contributed by atoms with Gasteiger partial charge in [-0.3, -0.25) is 0 Å². The van der Waals surface area contributed by atoms with Gasteiger partial charge in [0.05, 0.1) is 0 Å². The second-order valence-corrected chi connectivity index (χ2v) is 4.44. The first-order valence-electron chi connectivity index (χ1n) is 5.48. The van der Waals surface area contributed by atoms with Gasteiger partial charge in [-0.15, -0.1) is 13.2 Å². The van der Waals surface area contributed by atoms with Crippen molar-refractivity contribution in [3.8, 4) is 16.9 Å². The predicted molar refractivity (Wildman–Crippen MR) is 68.3 cm³/mol. The summed E-state index contributed by atoms with van der Waals surface area (Å²) in [5.74, 6) is -0.236. The zero-order valence-electron chi connectivity index (χ0n) is 9.96. The van der Waals surface area contributed by atoms with Gasteiger partial charge in [-0.05, 0) is 36.2 Å². The Morgan fingerprint density at radius 1 is 1.00 bits per heavy atom. The first kappa shape index (κ1) is 13.7. The first-order valence-corrected chi connectivity index (χ1v) is 5.86. The van der Waals surface area contributed by atoms with E-state index >= 15 is 0 Å². The summed E-state index contributed by atoms with van der Waals surface area (Å²) in [5.41, 5.74) is 1.80. The van der Waals surface area contributed by atoms with Crippen LogP contribution in [0.4, 0.5) is 13.2 Å². The molecule has 5 heteroatoms. The zero-order valence-corrected chi connectivity index (χ0v) is 10.7. The molecule has 0 spiro atoms. The van der Waals surface area contributed by atoms with Crippen LogP contribution in [0.5, 0.6) is 5.75 Å². The number of rotatable bonds is 2. The summed E-state index contributed by atoms with van der Waals surface area (Å²) in [6, 6.07) is 11.1. The molecule has 0 N–H and O–H groups in total. The highest BCUT2D eigenvalue weighted by molar-refractivity contribution is 6.30. The molecule has 0 amide bonds. The summed E-state index contributed by atoms with van der Waals surface area (Å²) in [5, 5.41) is 0.461. The van der Waals surface area contributed by atoms with Gasteiger partial charge in [-0.1, -0.05) is 35.9 Å². The number of halogens is 4. The highest BCUT2D eigenvalue weighted by Crippen LogP contribution is 2.36. The minimum absolute atomic E-state index is 0.236. The van der Waals surface area contributed by atoms with Crippen molar-refractivity contribution in [2.45, 2.75) is 13.3 Å². The summed E-state index contributed by atoms with van der Waals surface area (Å²) in [6.07, 6.45) is -4.72. The van der Waals surface area contributed by atoms with E-state index in [1.807, 2.05) is 0 Å². The number of alkyl halides is 3. The zero-order chi connectivity index (χ0) is 14.0. The maximum absolute atomic E-state index is 12.4. The highest BCUT2D eigenvalue weighted by Gasteiger charge is 2.32. The second-order valence-electron chi connectivity index (χ2n) is 4.00. The van der Waals surface area contributed by atoms with Crippen LogP contribution in [0.15, 0.2) is 42.5 Å². The Balaban J connectivity index is 2.53. The molecular weight excluding hydrogens is 277 g/mol. The quantitative estimate of drug-likeness (QED) is 0.736. The van der Waals surface area contributed by atoms with Crippen LogP contribution < -0.4 is 4.74 Å². The minimum atomic E-state index is -4.72. The largest absolute Gasteiger partial charge is 0.573 e. The van der Waals surface area contributed by atoms with E-state index in [0.717, 1.165) is 5.56 Å². The molecule has 0 atom stereocenters. The Bertz CT molecular complexity index is 593. The molecule has 0 saturated carbocycles. The molecule has 0 aromatic heterocycles. The lowest BCUT2D eigenvalue weighted by Crippen LogP contribution is -2.17. The first-order chi connectivity index (χ1) is 8.87. The van der Waals surface area contributed by atoms with E-state index in [1.54, 1.807) is 37.3 Å². The number of para-hydroxylation sites is 1. The Morgan fingerprint density at radius 2 is 1.68 bits per heavy atom. The number of aryl methyl sites for hydroxylation is 1. The van der Waals surface area contributed by atoms with Gasteiger partial charge in [0.2, 0.25) is 0 Å². The van der Waals surface area contributed by atoms with E-state index in [4.69, 9.17) is 11.6 Å². The Labute approximate surface area is 113 Å². The second kappa shape index (κ2) is 5.13. The molecule has 0 aliphatic carbocycles. The van der Waals surface area contributed by atoms with Crippen molar-refractivity contribution in [2.24, 2.45) is 0 Å².